The lowest BCUT2D eigenvalue weighted by molar-refractivity contribution is 0.0342. The summed E-state index contributed by atoms with van der Waals surface area (Å²) < 4.78 is 7.23. The van der Waals surface area contributed by atoms with Crippen LogP contribution in [0.4, 0.5) is 11.5 Å². The van der Waals surface area contributed by atoms with E-state index in [4.69, 9.17) is 4.74 Å². The number of amides is 1. The van der Waals surface area contributed by atoms with Crippen LogP contribution >= 0.6 is 0 Å². The lowest BCUT2D eigenvalue weighted by atomic mass is 10.1. The van der Waals surface area contributed by atoms with Gasteiger partial charge < -0.3 is 15.4 Å². The minimum absolute atomic E-state index is 0.0404. The molecule has 1 amide bonds. The van der Waals surface area contributed by atoms with Crippen LogP contribution < -0.4 is 10.6 Å². The van der Waals surface area contributed by atoms with Crippen molar-refractivity contribution in [3.05, 3.63) is 77.6 Å². The molecular formula is C27H31N7O2. The molecule has 0 spiro atoms. The van der Waals surface area contributed by atoms with Crippen molar-refractivity contribution in [1.29, 1.82) is 0 Å². The first-order valence-corrected chi connectivity index (χ1v) is 12.3. The maximum absolute atomic E-state index is 12.9. The van der Waals surface area contributed by atoms with Crippen LogP contribution in [0.2, 0.25) is 0 Å². The summed E-state index contributed by atoms with van der Waals surface area (Å²) >= 11 is 0. The number of carbonyl (C=O) groups excluding carboxylic acids is 1. The second kappa shape index (κ2) is 10.8. The topological polar surface area (TPSA) is 97.2 Å². The molecule has 2 aromatic carbocycles. The Morgan fingerprint density at radius 1 is 1.14 bits per heavy atom. The van der Waals surface area contributed by atoms with Gasteiger partial charge in [0, 0.05) is 37.4 Å². The fourth-order valence-corrected chi connectivity index (χ4v) is 4.25. The van der Waals surface area contributed by atoms with Gasteiger partial charge in [0.05, 0.1) is 31.6 Å². The summed E-state index contributed by atoms with van der Waals surface area (Å²) in [4.78, 5) is 24.3. The molecule has 1 aliphatic rings. The molecule has 0 aliphatic carbocycles. The average molecular weight is 486 g/mol. The number of carbonyl (C=O) groups is 1. The smallest absolute Gasteiger partial charge is 0.255 e. The SMILES string of the molecule is CCn1cc2ncc(N[C@@H](C)c3cccc(NC(=O)c4ccc(CN5CCOCC5)cc4)c3)nc2n1. The molecule has 0 radical (unpaired) electrons. The first-order chi connectivity index (χ1) is 17.6. The van der Waals surface area contributed by atoms with Crippen molar-refractivity contribution in [3.8, 4) is 0 Å². The molecule has 0 unspecified atom stereocenters. The van der Waals surface area contributed by atoms with Gasteiger partial charge in [0.25, 0.3) is 5.91 Å². The highest BCUT2D eigenvalue weighted by Gasteiger charge is 2.13. The van der Waals surface area contributed by atoms with E-state index in [0.717, 1.165) is 56.2 Å². The number of rotatable bonds is 8. The first kappa shape index (κ1) is 23.9. The van der Waals surface area contributed by atoms with Gasteiger partial charge >= 0.3 is 0 Å². The van der Waals surface area contributed by atoms with E-state index in [1.165, 1.54) is 5.56 Å². The molecule has 5 rings (SSSR count). The number of hydrogen-bond acceptors (Lipinski definition) is 7. The lowest BCUT2D eigenvalue weighted by Crippen LogP contribution is -2.35. The van der Waals surface area contributed by atoms with E-state index in [9.17, 15) is 4.79 Å². The number of nitrogens with one attached hydrogen (secondary N) is 2. The van der Waals surface area contributed by atoms with Crippen molar-refractivity contribution in [2.75, 3.05) is 36.9 Å². The molecule has 9 nitrogen and oxygen atoms in total. The van der Waals surface area contributed by atoms with Crippen LogP contribution in [0.15, 0.2) is 60.9 Å². The fourth-order valence-electron chi connectivity index (χ4n) is 4.25. The van der Waals surface area contributed by atoms with Crippen molar-refractivity contribution in [3.63, 3.8) is 0 Å². The highest BCUT2D eigenvalue weighted by molar-refractivity contribution is 6.04. The van der Waals surface area contributed by atoms with Gasteiger partial charge in [-0.05, 0) is 49.2 Å². The molecule has 2 aromatic heterocycles. The maximum atomic E-state index is 12.9. The second-order valence-electron chi connectivity index (χ2n) is 8.98. The molecule has 36 heavy (non-hydrogen) atoms. The fraction of sp³-hybridized carbons (Fsp3) is 0.333. The zero-order chi connectivity index (χ0) is 24.9. The second-order valence-corrected chi connectivity index (χ2v) is 8.98. The molecule has 1 fully saturated rings. The van der Waals surface area contributed by atoms with Gasteiger partial charge in [-0.25, -0.2) is 9.97 Å². The Morgan fingerprint density at radius 2 is 1.94 bits per heavy atom. The maximum Gasteiger partial charge on any atom is 0.255 e. The molecule has 186 valence electrons. The lowest BCUT2D eigenvalue weighted by Gasteiger charge is -2.26. The van der Waals surface area contributed by atoms with E-state index in [1.54, 1.807) is 6.20 Å². The minimum Gasteiger partial charge on any atom is -0.379 e. The third kappa shape index (κ3) is 5.69. The van der Waals surface area contributed by atoms with Crippen molar-refractivity contribution in [1.82, 2.24) is 24.6 Å². The molecule has 2 N–H and O–H groups in total. The molecule has 1 saturated heterocycles. The number of hydrogen-bond donors (Lipinski definition) is 2. The predicted octanol–water partition coefficient (Wildman–Crippen LogP) is 4.10. The highest BCUT2D eigenvalue weighted by Crippen LogP contribution is 2.22. The normalized spacial score (nSPS) is 15.1. The Hall–Kier alpha value is -3.82. The summed E-state index contributed by atoms with van der Waals surface area (Å²) in [5.41, 5.74) is 4.98. The van der Waals surface area contributed by atoms with Crippen molar-refractivity contribution in [2.45, 2.75) is 33.0 Å². The Kier molecular flexibility index (Phi) is 7.20. The summed E-state index contributed by atoms with van der Waals surface area (Å²) in [5, 5.41) is 10.8. The van der Waals surface area contributed by atoms with Gasteiger partial charge in [0.1, 0.15) is 11.3 Å². The van der Waals surface area contributed by atoms with Crippen molar-refractivity contribution in [2.24, 2.45) is 0 Å². The number of aromatic nitrogens is 4. The molecule has 3 heterocycles. The number of benzene rings is 2. The van der Waals surface area contributed by atoms with Gasteiger partial charge in [-0.15, -0.1) is 0 Å². The van der Waals surface area contributed by atoms with Gasteiger partial charge in [-0.2, -0.15) is 5.10 Å². The number of nitrogens with zero attached hydrogens (tertiary/aromatic N) is 5. The summed E-state index contributed by atoms with van der Waals surface area (Å²) in [6.07, 6.45) is 3.61. The minimum atomic E-state index is -0.131. The quantitative estimate of drug-likeness (QED) is 0.388. The average Bonchev–Trinajstić information content (AvgIpc) is 3.32. The van der Waals surface area contributed by atoms with E-state index >= 15 is 0 Å². The Balaban J connectivity index is 1.21. The molecule has 1 atom stereocenters. The summed E-state index contributed by atoms with van der Waals surface area (Å²) in [6.45, 7) is 9.16. The first-order valence-electron chi connectivity index (χ1n) is 12.3. The standard InChI is InChI=1S/C27H31N7O2/c1-3-34-18-24-26(32-34)31-25(16-28-24)29-19(2)22-5-4-6-23(15-22)30-27(35)21-9-7-20(8-10-21)17-33-11-13-36-14-12-33/h4-10,15-16,18-19H,3,11-14,17H2,1-2H3,(H,30,35)(H,29,31,32)/t19-/m0/s1. The molecule has 0 saturated carbocycles. The summed E-state index contributed by atoms with van der Waals surface area (Å²) in [5.74, 6) is 0.525. The van der Waals surface area contributed by atoms with E-state index in [1.807, 2.05) is 73.3 Å². The van der Waals surface area contributed by atoms with Crippen molar-refractivity contribution < 1.29 is 9.53 Å². The zero-order valence-corrected chi connectivity index (χ0v) is 20.6. The van der Waals surface area contributed by atoms with E-state index in [0.29, 0.717) is 17.0 Å². The van der Waals surface area contributed by atoms with Gasteiger partial charge in [0.15, 0.2) is 0 Å². The summed E-state index contributed by atoms with van der Waals surface area (Å²) in [7, 11) is 0. The highest BCUT2D eigenvalue weighted by atomic mass is 16.5. The van der Waals surface area contributed by atoms with Gasteiger partial charge in [0.2, 0.25) is 5.65 Å². The third-order valence-electron chi connectivity index (χ3n) is 6.33. The number of anilines is 2. The van der Waals surface area contributed by atoms with Crippen LogP contribution in [0.1, 0.15) is 41.4 Å². The van der Waals surface area contributed by atoms with E-state index in [2.05, 4.69) is 30.6 Å². The van der Waals surface area contributed by atoms with Gasteiger partial charge in [-0.3, -0.25) is 14.4 Å². The monoisotopic (exact) mass is 485 g/mol. The Morgan fingerprint density at radius 3 is 2.72 bits per heavy atom. The zero-order valence-electron chi connectivity index (χ0n) is 20.6. The van der Waals surface area contributed by atoms with Gasteiger partial charge in [-0.1, -0.05) is 24.3 Å². The molecule has 1 aliphatic heterocycles. The van der Waals surface area contributed by atoms with Crippen LogP contribution in [-0.4, -0.2) is 56.9 Å². The van der Waals surface area contributed by atoms with E-state index in [-0.39, 0.29) is 11.9 Å². The Labute approximate surface area is 210 Å². The van der Waals surface area contributed by atoms with Crippen LogP contribution in [0.5, 0.6) is 0 Å². The largest absolute Gasteiger partial charge is 0.379 e. The van der Waals surface area contributed by atoms with E-state index < -0.39 is 0 Å². The number of fused-ring (bicyclic) bond motifs is 1. The number of aryl methyl sites for hydroxylation is 1. The van der Waals surface area contributed by atoms with Crippen LogP contribution in [-0.2, 0) is 17.8 Å². The predicted molar refractivity (Wildman–Crippen MR) is 140 cm³/mol. The number of morpholine rings is 1. The summed E-state index contributed by atoms with van der Waals surface area (Å²) in [6, 6.07) is 15.6. The molecular weight excluding hydrogens is 454 g/mol. The van der Waals surface area contributed by atoms with Crippen LogP contribution in [0, 0.1) is 0 Å². The molecule has 4 aromatic rings. The third-order valence-corrected chi connectivity index (χ3v) is 6.33. The molecule has 9 heteroatoms. The van der Waals surface area contributed by atoms with Crippen molar-refractivity contribution >= 4 is 28.6 Å². The molecule has 0 bridgehead atoms. The number of ether oxygens (including phenoxy) is 1. The van der Waals surface area contributed by atoms with Crippen LogP contribution in [0.3, 0.4) is 0 Å². The van der Waals surface area contributed by atoms with Crippen LogP contribution in [0.25, 0.3) is 11.2 Å². The Bertz CT molecular complexity index is 1330.